The molecule has 0 spiro atoms. The second kappa shape index (κ2) is 9.91. The van der Waals surface area contributed by atoms with Gasteiger partial charge in [0.15, 0.2) is 0 Å². The number of carbonyl (C=O) groups excluding carboxylic acids is 1. The summed E-state index contributed by atoms with van der Waals surface area (Å²) in [5.41, 5.74) is 1.81. The Morgan fingerprint density at radius 3 is 2.48 bits per heavy atom. The van der Waals surface area contributed by atoms with Crippen molar-refractivity contribution >= 4 is 23.2 Å². The van der Waals surface area contributed by atoms with Gasteiger partial charge in [-0.1, -0.05) is 23.7 Å². The first-order valence-corrected chi connectivity index (χ1v) is 8.47. The van der Waals surface area contributed by atoms with E-state index in [1.54, 1.807) is 32.4 Å². The Bertz CT molecular complexity index is 690. The third-order valence-electron chi connectivity index (χ3n) is 3.71. The fraction of sp³-hybridized carbons (Fsp3) is 0.316. The third kappa shape index (κ3) is 6.29. The zero-order valence-electron chi connectivity index (χ0n) is 14.5. The second-order valence-corrected chi connectivity index (χ2v) is 5.93. The summed E-state index contributed by atoms with van der Waals surface area (Å²) in [6.07, 6.45) is 1.27. The lowest BCUT2D eigenvalue weighted by molar-refractivity contribution is -0.116. The molecule has 0 saturated heterocycles. The van der Waals surface area contributed by atoms with Gasteiger partial charge >= 0.3 is 0 Å². The van der Waals surface area contributed by atoms with Gasteiger partial charge in [-0.3, -0.25) is 4.79 Å². The number of amides is 1. The van der Waals surface area contributed by atoms with Gasteiger partial charge in [0.2, 0.25) is 5.91 Å². The van der Waals surface area contributed by atoms with Crippen molar-refractivity contribution in [2.75, 3.05) is 32.6 Å². The lowest BCUT2D eigenvalue weighted by atomic mass is 10.1. The molecular weight excluding hydrogens is 340 g/mol. The van der Waals surface area contributed by atoms with E-state index in [9.17, 15) is 4.79 Å². The molecule has 0 saturated carbocycles. The van der Waals surface area contributed by atoms with Gasteiger partial charge in [-0.05, 0) is 48.9 Å². The van der Waals surface area contributed by atoms with Crippen LogP contribution in [0.3, 0.4) is 0 Å². The molecular formula is C19H23ClN2O3. The van der Waals surface area contributed by atoms with Crippen LogP contribution in [0.15, 0.2) is 42.5 Å². The Hall–Kier alpha value is -2.24. The largest absolute Gasteiger partial charge is 0.497 e. The molecule has 0 bridgehead atoms. The highest BCUT2D eigenvalue weighted by molar-refractivity contribution is 6.31. The first-order valence-electron chi connectivity index (χ1n) is 8.09. The number of carbonyl (C=O) groups is 1. The van der Waals surface area contributed by atoms with Crippen LogP contribution >= 0.6 is 11.6 Å². The summed E-state index contributed by atoms with van der Waals surface area (Å²) in [6.45, 7) is 1.41. The maximum atomic E-state index is 12.0. The maximum Gasteiger partial charge on any atom is 0.225 e. The van der Waals surface area contributed by atoms with E-state index in [4.69, 9.17) is 21.1 Å². The monoisotopic (exact) mass is 362 g/mol. The molecule has 0 aromatic heterocycles. The summed E-state index contributed by atoms with van der Waals surface area (Å²) in [4.78, 5) is 12.0. The smallest absolute Gasteiger partial charge is 0.225 e. The van der Waals surface area contributed by atoms with Gasteiger partial charge < -0.3 is 20.1 Å². The van der Waals surface area contributed by atoms with Gasteiger partial charge in [0.05, 0.1) is 19.9 Å². The first-order chi connectivity index (χ1) is 12.1. The van der Waals surface area contributed by atoms with Crippen molar-refractivity contribution in [2.45, 2.75) is 12.8 Å². The Morgan fingerprint density at radius 2 is 1.80 bits per heavy atom. The van der Waals surface area contributed by atoms with Crippen LogP contribution < -0.4 is 20.1 Å². The highest BCUT2D eigenvalue weighted by Gasteiger charge is 2.08. The predicted molar refractivity (Wildman–Crippen MR) is 101 cm³/mol. The molecule has 2 aromatic carbocycles. The molecule has 0 radical (unpaired) electrons. The molecule has 134 valence electrons. The minimum absolute atomic E-state index is 0.0856. The van der Waals surface area contributed by atoms with Gasteiger partial charge in [0.1, 0.15) is 11.5 Å². The molecule has 25 heavy (non-hydrogen) atoms. The molecule has 0 fully saturated rings. The van der Waals surface area contributed by atoms with E-state index in [0.29, 0.717) is 29.4 Å². The van der Waals surface area contributed by atoms with Crippen molar-refractivity contribution in [3.63, 3.8) is 0 Å². The van der Waals surface area contributed by atoms with Crippen LogP contribution in [0.1, 0.15) is 12.0 Å². The van der Waals surface area contributed by atoms with Crippen LogP contribution in [-0.4, -0.2) is 33.2 Å². The normalized spacial score (nSPS) is 10.4. The zero-order valence-corrected chi connectivity index (χ0v) is 15.2. The van der Waals surface area contributed by atoms with Crippen LogP contribution in [0.4, 0.5) is 5.69 Å². The summed E-state index contributed by atoms with van der Waals surface area (Å²) < 4.78 is 10.3. The minimum Gasteiger partial charge on any atom is -0.497 e. The summed E-state index contributed by atoms with van der Waals surface area (Å²) in [6, 6.07) is 13.1. The third-order valence-corrected chi connectivity index (χ3v) is 3.95. The van der Waals surface area contributed by atoms with Gasteiger partial charge in [-0.15, -0.1) is 0 Å². The Labute approximate surface area is 153 Å². The Morgan fingerprint density at radius 1 is 1.04 bits per heavy atom. The number of hydrogen-bond donors (Lipinski definition) is 2. The highest BCUT2D eigenvalue weighted by Crippen LogP contribution is 2.27. The summed E-state index contributed by atoms with van der Waals surface area (Å²) in [5.74, 6) is 1.35. The second-order valence-electron chi connectivity index (χ2n) is 5.49. The number of halogens is 1. The summed E-state index contributed by atoms with van der Waals surface area (Å²) in [7, 11) is 3.21. The van der Waals surface area contributed by atoms with Gasteiger partial charge in [0.25, 0.3) is 0 Å². The van der Waals surface area contributed by atoms with Crippen LogP contribution in [-0.2, 0) is 11.2 Å². The van der Waals surface area contributed by atoms with E-state index in [-0.39, 0.29) is 5.91 Å². The van der Waals surface area contributed by atoms with E-state index in [0.717, 1.165) is 18.7 Å². The van der Waals surface area contributed by atoms with E-state index in [1.807, 2.05) is 24.3 Å². The zero-order chi connectivity index (χ0) is 18.1. The van der Waals surface area contributed by atoms with Gasteiger partial charge in [-0.2, -0.15) is 0 Å². The SMILES string of the molecule is COc1ccc(CCNCCC(=O)Nc2cc(Cl)ccc2OC)cc1. The topological polar surface area (TPSA) is 59.6 Å². The van der Waals surface area contributed by atoms with Crippen molar-refractivity contribution in [2.24, 2.45) is 0 Å². The van der Waals surface area contributed by atoms with Crippen molar-refractivity contribution < 1.29 is 14.3 Å². The number of anilines is 1. The summed E-state index contributed by atoms with van der Waals surface area (Å²) in [5, 5.41) is 6.64. The lowest BCUT2D eigenvalue weighted by Crippen LogP contribution is -2.23. The molecule has 6 heteroatoms. The molecule has 0 aliphatic heterocycles. The fourth-order valence-corrected chi connectivity index (χ4v) is 2.51. The van der Waals surface area contributed by atoms with E-state index in [1.165, 1.54) is 5.56 Å². The van der Waals surface area contributed by atoms with Crippen molar-refractivity contribution in [3.05, 3.63) is 53.1 Å². The minimum atomic E-state index is -0.0856. The average Bonchev–Trinajstić information content (AvgIpc) is 2.62. The molecule has 1 amide bonds. The molecule has 0 atom stereocenters. The lowest BCUT2D eigenvalue weighted by Gasteiger charge is -2.11. The average molecular weight is 363 g/mol. The number of nitrogens with one attached hydrogen (secondary N) is 2. The van der Waals surface area contributed by atoms with Crippen LogP contribution in [0.25, 0.3) is 0 Å². The van der Waals surface area contributed by atoms with Crippen LogP contribution in [0.2, 0.25) is 5.02 Å². The van der Waals surface area contributed by atoms with Crippen LogP contribution in [0.5, 0.6) is 11.5 Å². The summed E-state index contributed by atoms with van der Waals surface area (Å²) >= 11 is 5.95. The molecule has 5 nitrogen and oxygen atoms in total. The highest BCUT2D eigenvalue weighted by atomic mass is 35.5. The van der Waals surface area contributed by atoms with Gasteiger partial charge in [-0.25, -0.2) is 0 Å². The van der Waals surface area contributed by atoms with E-state index in [2.05, 4.69) is 10.6 Å². The maximum absolute atomic E-state index is 12.0. The number of hydrogen-bond acceptors (Lipinski definition) is 4. The number of rotatable bonds is 9. The van der Waals surface area contributed by atoms with Gasteiger partial charge in [0, 0.05) is 18.0 Å². The Kier molecular flexibility index (Phi) is 7.57. The molecule has 0 aliphatic rings. The first kappa shape index (κ1) is 19.1. The van der Waals surface area contributed by atoms with Crippen molar-refractivity contribution in [1.29, 1.82) is 0 Å². The molecule has 2 N–H and O–H groups in total. The quantitative estimate of drug-likeness (QED) is 0.670. The van der Waals surface area contributed by atoms with E-state index >= 15 is 0 Å². The van der Waals surface area contributed by atoms with Crippen molar-refractivity contribution in [3.8, 4) is 11.5 Å². The predicted octanol–water partition coefficient (Wildman–Crippen LogP) is 3.52. The fourth-order valence-electron chi connectivity index (χ4n) is 2.34. The number of methoxy groups -OCH3 is 2. The van der Waals surface area contributed by atoms with E-state index < -0.39 is 0 Å². The van der Waals surface area contributed by atoms with Crippen LogP contribution in [0, 0.1) is 0 Å². The number of ether oxygens (including phenoxy) is 2. The standard InChI is InChI=1S/C19H23ClN2O3/c1-24-16-6-3-14(4-7-16)9-11-21-12-10-19(23)22-17-13-15(20)5-8-18(17)25-2/h3-8,13,21H,9-12H2,1-2H3,(H,22,23). The number of benzene rings is 2. The molecule has 0 heterocycles. The van der Waals surface area contributed by atoms with Crippen molar-refractivity contribution in [1.82, 2.24) is 5.32 Å². The molecule has 0 unspecified atom stereocenters. The molecule has 2 aromatic rings. The molecule has 2 rings (SSSR count). The molecule has 0 aliphatic carbocycles. The Balaban J connectivity index is 1.69.